The van der Waals surface area contributed by atoms with Crippen molar-refractivity contribution in [3.8, 4) is 0 Å². The molecule has 2 saturated carbocycles. The summed E-state index contributed by atoms with van der Waals surface area (Å²) in [6, 6.07) is 0.202. The van der Waals surface area contributed by atoms with Gasteiger partial charge in [-0.15, -0.1) is 11.3 Å². The highest BCUT2D eigenvalue weighted by Crippen LogP contribution is 2.39. The lowest BCUT2D eigenvalue weighted by atomic mass is 9.91. The Hall–Kier alpha value is -1.67. The third-order valence-corrected chi connectivity index (χ3v) is 7.30. The van der Waals surface area contributed by atoms with E-state index in [4.69, 9.17) is 12.2 Å². The van der Waals surface area contributed by atoms with E-state index in [1.807, 2.05) is 6.92 Å². The Bertz CT molecular complexity index is 799. The van der Waals surface area contributed by atoms with Crippen molar-refractivity contribution in [3.05, 3.63) is 16.0 Å². The summed E-state index contributed by atoms with van der Waals surface area (Å²) in [5.74, 6) is 1.13. The van der Waals surface area contributed by atoms with Crippen molar-refractivity contribution in [1.29, 1.82) is 0 Å². The van der Waals surface area contributed by atoms with Crippen LogP contribution in [-0.4, -0.2) is 36.1 Å². The van der Waals surface area contributed by atoms with Gasteiger partial charge in [0.25, 0.3) is 5.91 Å². The zero-order valence-electron chi connectivity index (χ0n) is 16.9. The summed E-state index contributed by atoms with van der Waals surface area (Å²) >= 11 is 6.92. The second-order valence-electron chi connectivity index (χ2n) is 8.50. The molecule has 3 aliphatic carbocycles. The first-order chi connectivity index (χ1) is 14.0. The molecule has 158 valence electrons. The van der Waals surface area contributed by atoms with Gasteiger partial charge in [-0.2, -0.15) is 0 Å². The number of carbonyl (C=O) groups excluding carboxylic acids is 2. The van der Waals surface area contributed by atoms with Crippen LogP contribution in [0.3, 0.4) is 0 Å². The summed E-state index contributed by atoms with van der Waals surface area (Å²) in [4.78, 5) is 26.7. The summed E-state index contributed by atoms with van der Waals surface area (Å²) in [5, 5.41) is 14.1. The van der Waals surface area contributed by atoms with E-state index in [0.717, 1.165) is 55.8 Å². The van der Waals surface area contributed by atoms with Gasteiger partial charge in [0.15, 0.2) is 5.11 Å². The van der Waals surface area contributed by atoms with Crippen LogP contribution in [0.25, 0.3) is 0 Å². The molecule has 0 aliphatic heterocycles. The largest absolute Gasteiger partial charge is 0.363 e. The summed E-state index contributed by atoms with van der Waals surface area (Å²) < 4.78 is 0. The lowest BCUT2D eigenvalue weighted by Gasteiger charge is -2.25. The number of hydrogen-bond donors (Lipinski definition) is 4. The highest BCUT2D eigenvalue weighted by atomic mass is 32.1. The number of carbonyl (C=O) groups is 2. The van der Waals surface area contributed by atoms with E-state index in [-0.39, 0.29) is 17.9 Å². The van der Waals surface area contributed by atoms with Crippen molar-refractivity contribution in [2.75, 3.05) is 18.4 Å². The van der Waals surface area contributed by atoms with Crippen LogP contribution in [0, 0.1) is 11.8 Å². The molecule has 6 nitrogen and oxygen atoms in total. The maximum absolute atomic E-state index is 13.1. The lowest BCUT2D eigenvalue weighted by Crippen LogP contribution is -2.44. The van der Waals surface area contributed by atoms with Gasteiger partial charge in [-0.05, 0) is 81.5 Å². The zero-order valence-corrected chi connectivity index (χ0v) is 18.6. The number of nitrogens with one attached hydrogen (secondary N) is 4. The Morgan fingerprint density at radius 1 is 1.10 bits per heavy atom. The highest BCUT2D eigenvalue weighted by Gasteiger charge is 2.32. The van der Waals surface area contributed by atoms with Crippen LogP contribution in [0.4, 0.5) is 5.00 Å². The van der Waals surface area contributed by atoms with Crippen LogP contribution in [0.15, 0.2) is 0 Å². The Balaban J connectivity index is 1.51. The van der Waals surface area contributed by atoms with E-state index in [1.54, 1.807) is 11.3 Å². The molecular formula is C21H30N4O2S2. The van der Waals surface area contributed by atoms with Crippen LogP contribution in [-0.2, 0) is 17.6 Å². The molecule has 1 aromatic heterocycles. The number of hydrogen-bond acceptors (Lipinski definition) is 4. The van der Waals surface area contributed by atoms with Crippen molar-refractivity contribution in [1.82, 2.24) is 16.0 Å². The van der Waals surface area contributed by atoms with E-state index in [2.05, 4.69) is 21.3 Å². The van der Waals surface area contributed by atoms with Gasteiger partial charge in [-0.3, -0.25) is 9.59 Å². The van der Waals surface area contributed by atoms with Gasteiger partial charge in [0.05, 0.1) is 5.56 Å². The lowest BCUT2D eigenvalue weighted by molar-refractivity contribution is -0.116. The van der Waals surface area contributed by atoms with Crippen molar-refractivity contribution in [2.24, 2.45) is 11.8 Å². The van der Waals surface area contributed by atoms with Gasteiger partial charge < -0.3 is 21.3 Å². The second kappa shape index (κ2) is 9.00. The molecule has 4 rings (SSSR count). The van der Waals surface area contributed by atoms with Gasteiger partial charge in [-0.1, -0.05) is 0 Å². The van der Waals surface area contributed by atoms with Gasteiger partial charge >= 0.3 is 0 Å². The van der Waals surface area contributed by atoms with E-state index in [1.165, 1.54) is 17.7 Å². The van der Waals surface area contributed by atoms with Crippen LogP contribution in [0.2, 0.25) is 0 Å². The molecule has 1 heterocycles. The summed E-state index contributed by atoms with van der Waals surface area (Å²) in [7, 11) is 0. The fraction of sp³-hybridized carbons (Fsp3) is 0.667. The number of aryl methyl sites for hydroxylation is 1. The number of amides is 2. The quantitative estimate of drug-likeness (QED) is 0.473. The van der Waals surface area contributed by atoms with Gasteiger partial charge in [-0.25, -0.2) is 0 Å². The molecule has 29 heavy (non-hydrogen) atoms. The predicted octanol–water partition coefficient (Wildman–Crippen LogP) is 2.97. The summed E-state index contributed by atoms with van der Waals surface area (Å²) in [6.45, 7) is 3.53. The average molecular weight is 435 g/mol. The maximum Gasteiger partial charge on any atom is 0.254 e. The Kier molecular flexibility index (Phi) is 6.39. The first-order valence-electron chi connectivity index (χ1n) is 10.8. The molecule has 0 spiro atoms. The predicted molar refractivity (Wildman–Crippen MR) is 121 cm³/mol. The minimum atomic E-state index is -0.0500. The van der Waals surface area contributed by atoms with Crippen molar-refractivity contribution < 1.29 is 9.59 Å². The maximum atomic E-state index is 13.1. The topological polar surface area (TPSA) is 82.3 Å². The molecule has 8 heteroatoms. The van der Waals surface area contributed by atoms with Crippen LogP contribution in [0.1, 0.15) is 66.2 Å². The Morgan fingerprint density at radius 3 is 2.55 bits per heavy atom. The molecule has 2 fully saturated rings. The first-order valence-corrected chi connectivity index (χ1v) is 12.0. The van der Waals surface area contributed by atoms with E-state index < -0.39 is 0 Å². The minimum absolute atomic E-state index is 0.0327. The molecule has 3 aliphatic rings. The highest BCUT2D eigenvalue weighted by molar-refractivity contribution is 7.80. The average Bonchev–Trinajstić information content (AvgIpc) is 3.59. The van der Waals surface area contributed by atoms with Crippen molar-refractivity contribution in [2.45, 2.75) is 64.3 Å². The molecule has 1 atom stereocenters. The minimum Gasteiger partial charge on any atom is -0.363 e. The van der Waals surface area contributed by atoms with Crippen molar-refractivity contribution >= 4 is 45.5 Å². The normalized spacial score (nSPS) is 20.5. The van der Waals surface area contributed by atoms with E-state index in [9.17, 15) is 9.59 Å². The molecule has 1 aromatic rings. The molecule has 0 bridgehead atoms. The number of thiophene rings is 1. The smallest absolute Gasteiger partial charge is 0.254 e. The van der Waals surface area contributed by atoms with Gasteiger partial charge in [0, 0.05) is 30.4 Å². The molecule has 0 radical (unpaired) electrons. The third kappa shape index (κ3) is 5.48. The summed E-state index contributed by atoms with van der Waals surface area (Å²) in [6.07, 6.45) is 7.85. The molecule has 4 N–H and O–H groups in total. The van der Waals surface area contributed by atoms with E-state index in [0.29, 0.717) is 28.9 Å². The van der Waals surface area contributed by atoms with Gasteiger partial charge in [0.1, 0.15) is 5.00 Å². The standard InChI is InChI=1S/C21H30N4O2S2/c1-2-22-21(28)24-14-7-8-16-15(10-14)18(19(27)23-11-13-5-6-13)20(29-16)25-17(26)9-12-3-4-12/h12-14H,2-11H2,1H3,(H,23,27)(H,25,26)(H2,22,24,28). The SMILES string of the molecule is CCNC(=S)NC1CCc2sc(NC(=O)CC3CC3)c(C(=O)NCC3CC3)c2C1. The van der Waals surface area contributed by atoms with Gasteiger partial charge in [0.2, 0.25) is 5.91 Å². The fourth-order valence-electron chi connectivity index (χ4n) is 3.84. The molecule has 0 saturated heterocycles. The zero-order chi connectivity index (χ0) is 20.4. The number of thiocarbonyl (C=S) groups is 1. The van der Waals surface area contributed by atoms with Crippen LogP contribution >= 0.6 is 23.6 Å². The molecular weight excluding hydrogens is 404 g/mol. The van der Waals surface area contributed by atoms with Crippen LogP contribution < -0.4 is 21.3 Å². The van der Waals surface area contributed by atoms with E-state index >= 15 is 0 Å². The molecule has 2 amide bonds. The fourth-order valence-corrected chi connectivity index (χ4v) is 5.41. The summed E-state index contributed by atoms with van der Waals surface area (Å²) in [5.41, 5.74) is 1.75. The van der Waals surface area contributed by atoms with Crippen molar-refractivity contribution in [3.63, 3.8) is 0 Å². The first kappa shape index (κ1) is 20.6. The van der Waals surface area contributed by atoms with Crippen LogP contribution in [0.5, 0.6) is 0 Å². The number of fused-ring (bicyclic) bond motifs is 1. The molecule has 1 unspecified atom stereocenters. The third-order valence-electron chi connectivity index (χ3n) is 5.83. The Morgan fingerprint density at radius 2 is 1.86 bits per heavy atom. The second-order valence-corrected chi connectivity index (χ2v) is 10.0. The Labute approximate surface area is 181 Å². The number of anilines is 1. The monoisotopic (exact) mass is 434 g/mol. The number of rotatable bonds is 8. The molecule has 0 aromatic carbocycles.